The largest absolute Gasteiger partial charge is 0.332 e. The highest BCUT2D eigenvalue weighted by Gasteiger charge is 2.41. The fourth-order valence-corrected chi connectivity index (χ4v) is 6.19. The number of hydroxylamine groups is 1. The van der Waals surface area contributed by atoms with Gasteiger partial charge in [-0.3, -0.25) is 19.7 Å². The minimum absolute atomic E-state index is 0.0545. The highest BCUT2D eigenvalue weighted by atomic mass is 32.2. The smallest absolute Gasteiger partial charge is 0.307 e. The molecule has 176 valence electrons. The summed E-state index contributed by atoms with van der Waals surface area (Å²) in [5.41, 5.74) is 0.399. The first kappa shape index (κ1) is 25.0. The number of hydrogen-bond acceptors (Lipinski definition) is 9. The fraction of sp³-hybridized carbons (Fsp3) is 0.368. The van der Waals surface area contributed by atoms with Crippen molar-refractivity contribution in [3.8, 4) is 0 Å². The summed E-state index contributed by atoms with van der Waals surface area (Å²) in [7, 11) is -4.24. The molecule has 1 aromatic heterocycles. The Morgan fingerprint density at radius 2 is 2.09 bits per heavy atom. The van der Waals surface area contributed by atoms with Crippen LogP contribution >= 0.6 is 11.3 Å². The maximum absolute atomic E-state index is 13.5. The maximum atomic E-state index is 13.5. The molecule has 1 aliphatic rings. The van der Waals surface area contributed by atoms with Gasteiger partial charge in [-0.05, 0) is 18.6 Å². The number of carbonyl (C=O) groups is 1. The van der Waals surface area contributed by atoms with Gasteiger partial charge >= 0.3 is 4.87 Å². The van der Waals surface area contributed by atoms with Gasteiger partial charge < -0.3 is 14.2 Å². The van der Waals surface area contributed by atoms with E-state index in [-0.39, 0.29) is 36.0 Å². The summed E-state index contributed by atoms with van der Waals surface area (Å²) in [5.74, 6) is 0. The topological polar surface area (TPSA) is 132 Å². The number of nitro benzene ring substituents is 1. The second-order valence-electron chi connectivity index (χ2n) is 7.30. The van der Waals surface area contributed by atoms with Crippen LogP contribution in [-0.4, -0.2) is 53.9 Å². The Morgan fingerprint density at radius 1 is 1.39 bits per heavy atom. The molecule has 33 heavy (non-hydrogen) atoms. The molecule has 0 fully saturated rings. The van der Waals surface area contributed by atoms with E-state index in [1.165, 1.54) is 6.08 Å². The Bertz CT molecular complexity index is 1190. The molecule has 1 atom stereocenters. The zero-order chi connectivity index (χ0) is 24.2. The van der Waals surface area contributed by atoms with Crippen LogP contribution in [0.15, 0.2) is 46.6 Å². The van der Waals surface area contributed by atoms with Gasteiger partial charge in [-0.1, -0.05) is 28.8 Å². The van der Waals surface area contributed by atoms with Gasteiger partial charge in [0, 0.05) is 37.5 Å². The van der Waals surface area contributed by atoms with Crippen LogP contribution in [0.5, 0.6) is 0 Å². The Morgan fingerprint density at radius 3 is 2.67 bits per heavy atom. The maximum Gasteiger partial charge on any atom is 0.307 e. The average molecular weight is 494 g/mol. The molecule has 11 nitrogen and oxygen atoms in total. The fourth-order valence-electron chi connectivity index (χ4n) is 3.63. The van der Waals surface area contributed by atoms with Gasteiger partial charge in [0.25, 0.3) is 23.1 Å². The summed E-state index contributed by atoms with van der Waals surface area (Å²) in [6.07, 6.45) is 2.81. The molecule has 1 aliphatic heterocycles. The van der Waals surface area contributed by atoms with Crippen molar-refractivity contribution in [2.45, 2.75) is 37.4 Å². The molecule has 0 bridgehead atoms. The number of sulfonamides is 1. The molecule has 3 rings (SSSR count). The van der Waals surface area contributed by atoms with Crippen molar-refractivity contribution in [3.05, 3.63) is 67.3 Å². The van der Waals surface area contributed by atoms with Crippen LogP contribution in [0.2, 0.25) is 0 Å². The van der Waals surface area contributed by atoms with Gasteiger partial charge in [-0.2, -0.15) is 0 Å². The van der Waals surface area contributed by atoms with E-state index in [1.807, 2.05) is 6.92 Å². The standard InChI is InChI=1S/C19H23BN4O7S2/c1-3-9-22-16-11-21(20-13-25)12-17(18(16)32-19(22)26)24(31-10-4-2)33(29,30)15-7-5-14(6-8-15)23(27)28/h4-8,13,17,20H,2-3,9-12H2,1H3. The Balaban J connectivity index is 2.12. The van der Waals surface area contributed by atoms with E-state index in [0.717, 1.165) is 46.3 Å². The molecule has 0 saturated carbocycles. The molecule has 1 unspecified atom stereocenters. The van der Waals surface area contributed by atoms with Gasteiger partial charge in [-0.25, -0.2) is 8.42 Å². The van der Waals surface area contributed by atoms with Gasteiger partial charge in [0.2, 0.25) is 0 Å². The number of thiazole rings is 1. The Labute approximate surface area is 195 Å². The van der Waals surface area contributed by atoms with Crippen molar-refractivity contribution in [2.75, 3.05) is 13.2 Å². The highest BCUT2D eigenvalue weighted by molar-refractivity contribution is 7.89. The van der Waals surface area contributed by atoms with Crippen molar-refractivity contribution in [1.82, 2.24) is 13.8 Å². The average Bonchev–Trinajstić information content (AvgIpc) is 3.10. The molecular weight excluding hydrogens is 471 g/mol. The van der Waals surface area contributed by atoms with Crippen LogP contribution in [0.25, 0.3) is 0 Å². The first-order valence-corrected chi connectivity index (χ1v) is 12.4. The lowest BCUT2D eigenvalue weighted by molar-refractivity contribution is -0.384. The second-order valence-corrected chi connectivity index (χ2v) is 10.1. The van der Waals surface area contributed by atoms with E-state index < -0.39 is 21.0 Å². The minimum Gasteiger partial charge on any atom is -0.332 e. The summed E-state index contributed by atoms with van der Waals surface area (Å²) < 4.78 is 29.5. The third kappa shape index (κ3) is 5.14. The monoisotopic (exact) mass is 494 g/mol. The predicted molar refractivity (Wildman–Crippen MR) is 124 cm³/mol. The molecule has 0 aliphatic carbocycles. The van der Waals surface area contributed by atoms with E-state index in [0.29, 0.717) is 30.1 Å². The lowest BCUT2D eigenvalue weighted by Gasteiger charge is -2.37. The van der Waals surface area contributed by atoms with E-state index in [2.05, 4.69) is 6.58 Å². The van der Waals surface area contributed by atoms with E-state index in [1.54, 1.807) is 9.38 Å². The van der Waals surface area contributed by atoms with Gasteiger partial charge in [-0.15, -0.1) is 6.58 Å². The molecule has 0 radical (unpaired) electrons. The quantitative estimate of drug-likeness (QED) is 0.151. The van der Waals surface area contributed by atoms with E-state index in [4.69, 9.17) is 4.84 Å². The van der Waals surface area contributed by atoms with E-state index >= 15 is 0 Å². The van der Waals surface area contributed by atoms with Crippen LogP contribution in [-0.2, 0) is 32.7 Å². The molecular formula is C19H23BN4O7S2. The second kappa shape index (κ2) is 10.5. The zero-order valence-corrected chi connectivity index (χ0v) is 19.6. The van der Waals surface area contributed by atoms with Crippen LogP contribution in [0.3, 0.4) is 0 Å². The SMILES string of the molecule is C=CCON(C1CN(BC=O)Cc2c1sc(=O)n2CCC)S(=O)(=O)c1ccc([N+](=O)[O-])cc1. The number of fused-ring (bicyclic) bond motifs is 1. The number of rotatable bonds is 11. The number of hydrogen-bond donors (Lipinski definition) is 0. The number of benzene rings is 1. The molecule has 14 heteroatoms. The van der Waals surface area contributed by atoms with Crippen molar-refractivity contribution < 1.29 is 23.0 Å². The lowest BCUT2D eigenvalue weighted by atomic mass is 9.90. The molecule has 2 heterocycles. The molecule has 0 spiro atoms. The van der Waals surface area contributed by atoms with Gasteiger partial charge in [0.1, 0.15) is 0 Å². The summed E-state index contributed by atoms with van der Waals surface area (Å²) >= 11 is 0.956. The highest BCUT2D eigenvalue weighted by Crippen LogP contribution is 2.36. The molecule has 2 aromatic rings. The number of non-ortho nitro benzene ring substituents is 1. The van der Waals surface area contributed by atoms with E-state index in [9.17, 15) is 28.1 Å². The number of nitrogens with zero attached hydrogens (tertiary/aromatic N) is 4. The molecule has 1 aromatic carbocycles. The Hall–Kier alpha value is -2.65. The zero-order valence-electron chi connectivity index (χ0n) is 18.0. The normalized spacial score (nSPS) is 16.4. The van der Waals surface area contributed by atoms with Crippen molar-refractivity contribution >= 4 is 40.6 Å². The minimum atomic E-state index is -4.29. The number of carbonyl (C=O) groups excluding carboxylic acids is 1. The van der Waals surface area contributed by atoms with Gasteiger partial charge in [0.05, 0.1) is 33.5 Å². The van der Waals surface area contributed by atoms with Crippen LogP contribution in [0.4, 0.5) is 5.69 Å². The number of aromatic nitrogens is 1. The summed E-state index contributed by atoms with van der Waals surface area (Å²) in [4.78, 5) is 41.7. The third-order valence-corrected chi connectivity index (χ3v) is 7.90. The summed E-state index contributed by atoms with van der Waals surface area (Å²) in [5, 5.41) is 11.0. The Kier molecular flexibility index (Phi) is 7.97. The lowest BCUT2D eigenvalue weighted by Crippen LogP contribution is -2.46. The molecule has 0 amide bonds. The molecule has 0 saturated heterocycles. The van der Waals surface area contributed by atoms with Gasteiger partial charge in [0.15, 0.2) is 0 Å². The first-order valence-electron chi connectivity index (χ1n) is 10.2. The van der Waals surface area contributed by atoms with Crippen LogP contribution < -0.4 is 4.87 Å². The van der Waals surface area contributed by atoms with Crippen LogP contribution in [0.1, 0.15) is 30.0 Å². The summed E-state index contributed by atoms with van der Waals surface area (Å²) in [6.45, 7) is 6.29. The van der Waals surface area contributed by atoms with Crippen molar-refractivity contribution in [2.24, 2.45) is 0 Å². The number of nitro groups is 1. The molecule has 0 N–H and O–H groups in total. The first-order chi connectivity index (χ1) is 15.7. The van der Waals surface area contributed by atoms with Crippen molar-refractivity contribution in [3.63, 3.8) is 0 Å². The van der Waals surface area contributed by atoms with Crippen LogP contribution in [0, 0.1) is 10.1 Å². The van der Waals surface area contributed by atoms with Crippen molar-refractivity contribution in [1.29, 1.82) is 0 Å². The third-order valence-electron chi connectivity index (χ3n) is 5.07. The summed E-state index contributed by atoms with van der Waals surface area (Å²) in [6, 6.07) is 3.56. The predicted octanol–water partition coefficient (Wildman–Crippen LogP) is 1.43.